The molecule has 0 spiro atoms. The number of carbonyl (C=O) groups excluding carboxylic acids is 1. The van der Waals surface area contributed by atoms with Crippen LogP contribution in [0.2, 0.25) is 0 Å². The molecule has 4 rings (SSSR count). The predicted octanol–water partition coefficient (Wildman–Crippen LogP) is 3.16. The van der Waals surface area contributed by atoms with Crippen LogP contribution < -0.4 is 15.1 Å². The van der Waals surface area contributed by atoms with Crippen molar-refractivity contribution in [3.63, 3.8) is 0 Å². The minimum absolute atomic E-state index is 0.0111. The number of alkyl halides is 3. The number of aliphatic hydroxyl groups excluding tert-OH is 2. The minimum Gasteiger partial charge on any atom is -0.478 e. The normalized spacial score (nSPS) is 18.2. The van der Waals surface area contributed by atoms with E-state index >= 15 is 0 Å². The lowest BCUT2D eigenvalue weighted by atomic mass is 10.1. The molecule has 0 radical (unpaired) electrons. The summed E-state index contributed by atoms with van der Waals surface area (Å²) in [5.74, 6) is 0.431. The van der Waals surface area contributed by atoms with Crippen LogP contribution in [0.5, 0.6) is 0 Å². The summed E-state index contributed by atoms with van der Waals surface area (Å²) in [6.07, 6.45) is -3.70. The van der Waals surface area contributed by atoms with Crippen molar-refractivity contribution in [1.29, 1.82) is 0 Å². The molecule has 202 valence electrons. The van der Waals surface area contributed by atoms with Crippen molar-refractivity contribution in [1.82, 2.24) is 10.3 Å². The summed E-state index contributed by atoms with van der Waals surface area (Å²) in [6.45, 7) is 5.48. The van der Waals surface area contributed by atoms with E-state index in [0.717, 1.165) is 12.1 Å². The van der Waals surface area contributed by atoms with Crippen molar-refractivity contribution in [3.8, 4) is 11.3 Å². The van der Waals surface area contributed by atoms with Crippen molar-refractivity contribution in [3.05, 3.63) is 54.0 Å². The Morgan fingerprint density at radius 1 is 1.37 bits per heavy atom. The lowest BCUT2D eigenvalue weighted by Gasteiger charge is -2.35. The number of carbonyl (C=O) groups is 1. The van der Waals surface area contributed by atoms with Gasteiger partial charge in [-0.05, 0) is 37.4 Å². The van der Waals surface area contributed by atoms with Gasteiger partial charge in [0, 0.05) is 25.6 Å². The van der Waals surface area contributed by atoms with Gasteiger partial charge in [-0.15, -0.1) is 0 Å². The van der Waals surface area contributed by atoms with E-state index in [0.29, 0.717) is 36.7 Å². The van der Waals surface area contributed by atoms with E-state index in [4.69, 9.17) is 9.84 Å². The highest BCUT2D eigenvalue weighted by Gasteiger charge is 2.40. The summed E-state index contributed by atoms with van der Waals surface area (Å²) >= 11 is 0. The number of nitrogens with one attached hydrogen (secondary N) is 1. The Bertz CT molecular complexity index is 1270. The molecule has 0 unspecified atom stereocenters. The molecule has 2 aliphatic rings. The van der Waals surface area contributed by atoms with Gasteiger partial charge in [-0.1, -0.05) is 12.1 Å². The van der Waals surface area contributed by atoms with Crippen LogP contribution in [-0.2, 0) is 10.9 Å². The fourth-order valence-corrected chi connectivity index (χ4v) is 4.30. The first-order chi connectivity index (χ1) is 18.1. The summed E-state index contributed by atoms with van der Waals surface area (Å²) in [6, 6.07) is 7.49. The number of nitrogens with zero attached hydrogens (tertiary/aromatic N) is 5. The maximum atomic E-state index is 13.5. The zero-order valence-corrected chi connectivity index (χ0v) is 20.5. The van der Waals surface area contributed by atoms with Gasteiger partial charge < -0.3 is 19.8 Å². The van der Waals surface area contributed by atoms with E-state index in [1.807, 2.05) is 0 Å². The number of urea groups is 1. The predicted molar refractivity (Wildman–Crippen MR) is 136 cm³/mol. The van der Waals surface area contributed by atoms with Crippen LogP contribution in [0, 0.1) is 0 Å². The van der Waals surface area contributed by atoms with Crippen LogP contribution in [0.25, 0.3) is 11.3 Å². The highest BCUT2D eigenvalue weighted by atomic mass is 19.4. The average Bonchev–Trinajstić information content (AvgIpc) is 3.30. The highest BCUT2D eigenvalue weighted by molar-refractivity contribution is 5.98. The molecule has 1 aromatic carbocycles. The van der Waals surface area contributed by atoms with E-state index in [-0.39, 0.29) is 29.9 Å². The Balaban J connectivity index is 1.63. The Morgan fingerprint density at radius 2 is 2.16 bits per heavy atom. The standard InChI is InChI=1S/C25H27F3N6O4/c1-15(38-14-19(36)13-35)30-22(11-29-2)32-24(37)34-18-8-9-33(12-18)21-7-6-20(31-23(21)34)16-4-3-5-17(10-16)25(26,27)28/h3-7,10-11,18-19,35-36H,2,8-9,12-14H2,1H3,(H,32,37)/b22-11+,30-15?/t18-,19+/m0/s1. The monoisotopic (exact) mass is 532 g/mol. The second-order valence-electron chi connectivity index (χ2n) is 8.78. The average molecular weight is 533 g/mol. The van der Waals surface area contributed by atoms with Crippen LogP contribution in [0.3, 0.4) is 0 Å². The number of benzene rings is 1. The molecule has 2 aliphatic heterocycles. The third-order valence-corrected chi connectivity index (χ3v) is 6.08. The Hall–Kier alpha value is -3.97. The number of anilines is 2. The summed E-state index contributed by atoms with van der Waals surface area (Å²) in [5.41, 5.74) is 0.470. The molecule has 2 amide bonds. The van der Waals surface area contributed by atoms with E-state index < -0.39 is 30.5 Å². The van der Waals surface area contributed by atoms with E-state index in [2.05, 4.69) is 31.9 Å². The zero-order valence-electron chi connectivity index (χ0n) is 20.5. The van der Waals surface area contributed by atoms with Gasteiger partial charge in [0.15, 0.2) is 17.5 Å². The molecule has 13 heteroatoms. The largest absolute Gasteiger partial charge is 0.478 e. The molecule has 1 saturated heterocycles. The number of ether oxygens (including phenoxy) is 1. The number of aliphatic imine (C=N–C) groups is 2. The van der Waals surface area contributed by atoms with Crippen LogP contribution in [0.1, 0.15) is 18.9 Å². The fourth-order valence-electron chi connectivity index (χ4n) is 4.30. The SMILES string of the molecule is C=N/C=C(\N=C(C)OC[C@H](O)CO)NC(=O)N1c2nc(-c3cccc(C(F)(F)F)c3)ccc2N2CC[C@H]1C2. The van der Waals surface area contributed by atoms with Gasteiger partial charge in [0.2, 0.25) is 0 Å². The molecule has 2 atom stereocenters. The molecular formula is C25H27F3N6O4. The molecule has 10 nitrogen and oxygen atoms in total. The first-order valence-electron chi connectivity index (χ1n) is 11.8. The van der Waals surface area contributed by atoms with Gasteiger partial charge in [0.1, 0.15) is 12.7 Å². The number of rotatable bonds is 7. The van der Waals surface area contributed by atoms with E-state index in [9.17, 15) is 23.1 Å². The van der Waals surface area contributed by atoms with Crippen molar-refractivity contribution in [2.75, 3.05) is 36.1 Å². The number of aliphatic hydroxyl groups is 2. The summed E-state index contributed by atoms with van der Waals surface area (Å²) in [7, 11) is 0. The highest BCUT2D eigenvalue weighted by Crippen LogP contribution is 2.40. The molecule has 3 heterocycles. The fraction of sp³-hybridized carbons (Fsp3) is 0.360. The number of hydrogen-bond acceptors (Lipinski definition) is 8. The lowest BCUT2D eigenvalue weighted by molar-refractivity contribution is -0.137. The topological polar surface area (TPSA) is 123 Å². The molecule has 1 fully saturated rings. The van der Waals surface area contributed by atoms with Gasteiger partial charge in [-0.2, -0.15) is 18.2 Å². The third kappa shape index (κ3) is 5.94. The summed E-state index contributed by atoms with van der Waals surface area (Å²) in [4.78, 5) is 29.5. The molecule has 2 bridgehead atoms. The smallest absolute Gasteiger partial charge is 0.416 e. The molecule has 3 N–H and O–H groups in total. The number of aromatic nitrogens is 1. The second kappa shape index (κ2) is 11.2. The Labute approximate surface area is 216 Å². The number of fused-ring (bicyclic) bond motifs is 4. The molecule has 1 aromatic heterocycles. The first kappa shape index (κ1) is 27.1. The lowest BCUT2D eigenvalue weighted by Crippen LogP contribution is -2.50. The molecule has 0 aliphatic carbocycles. The number of amides is 2. The van der Waals surface area contributed by atoms with E-state index in [1.54, 1.807) is 12.1 Å². The van der Waals surface area contributed by atoms with Gasteiger partial charge in [-0.3, -0.25) is 15.2 Å². The van der Waals surface area contributed by atoms with Crippen LogP contribution in [0.15, 0.2) is 58.4 Å². The van der Waals surface area contributed by atoms with Gasteiger partial charge in [0.05, 0.1) is 35.8 Å². The van der Waals surface area contributed by atoms with Gasteiger partial charge in [-0.25, -0.2) is 9.78 Å². The minimum atomic E-state index is -4.50. The van der Waals surface area contributed by atoms with Crippen molar-refractivity contribution >= 4 is 30.2 Å². The van der Waals surface area contributed by atoms with Crippen molar-refractivity contribution < 1.29 is 32.9 Å². The molecule has 2 aromatic rings. The molecular weight excluding hydrogens is 505 g/mol. The maximum Gasteiger partial charge on any atom is 0.416 e. The molecule has 0 saturated carbocycles. The van der Waals surface area contributed by atoms with Crippen LogP contribution in [0.4, 0.5) is 29.5 Å². The zero-order chi connectivity index (χ0) is 27.4. The van der Waals surface area contributed by atoms with Gasteiger partial charge in [0.25, 0.3) is 0 Å². The Kier molecular flexibility index (Phi) is 7.97. The molecule has 38 heavy (non-hydrogen) atoms. The quantitative estimate of drug-likeness (QED) is 0.372. The number of pyridine rings is 1. The van der Waals surface area contributed by atoms with E-state index in [1.165, 1.54) is 30.2 Å². The van der Waals surface area contributed by atoms with Crippen LogP contribution in [-0.4, -0.2) is 72.3 Å². The summed E-state index contributed by atoms with van der Waals surface area (Å²) in [5, 5.41) is 21.0. The maximum absolute atomic E-state index is 13.5. The first-order valence-corrected chi connectivity index (χ1v) is 11.8. The van der Waals surface area contributed by atoms with Crippen molar-refractivity contribution in [2.45, 2.75) is 31.7 Å². The number of hydrogen-bond donors (Lipinski definition) is 3. The second-order valence-corrected chi connectivity index (χ2v) is 8.78. The van der Waals surface area contributed by atoms with Gasteiger partial charge >= 0.3 is 12.2 Å². The van der Waals surface area contributed by atoms with Crippen molar-refractivity contribution in [2.24, 2.45) is 9.98 Å². The third-order valence-electron chi connectivity index (χ3n) is 6.08. The van der Waals surface area contributed by atoms with Crippen LogP contribution >= 0.6 is 0 Å². The Morgan fingerprint density at radius 3 is 2.87 bits per heavy atom. The number of halogens is 3. The summed E-state index contributed by atoms with van der Waals surface area (Å²) < 4.78 is 45.1.